The maximum atomic E-state index is 12.9. The smallest absolute Gasteiger partial charge is 0.260 e. The summed E-state index contributed by atoms with van der Waals surface area (Å²) in [4.78, 5) is 38.6. The molecule has 2 aromatic heterocycles. The van der Waals surface area contributed by atoms with Gasteiger partial charge in [0, 0.05) is 49.7 Å². The maximum Gasteiger partial charge on any atom is 0.260 e. The van der Waals surface area contributed by atoms with Crippen molar-refractivity contribution < 1.29 is 13.2 Å². The highest BCUT2D eigenvalue weighted by molar-refractivity contribution is 7.91. The van der Waals surface area contributed by atoms with E-state index in [1.54, 1.807) is 39.8 Å². The fourth-order valence-corrected chi connectivity index (χ4v) is 5.83. The Labute approximate surface area is 237 Å². The Bertz CT molecular complexity index is 1720. The third-order valence-electron chi connectivity index (χ3n) is 6.93. The number of H-pyrrole nitrogens is 1. The van der Waals surface area contributed by atoms with E-state index >= 15 is 0 Å². The summed E-state index contributed by atoms with van der Waals surface area (Å²) < 4.78 is 25.1. The number of nitrogens with two attached hydrogens (primary N) is 2. The number of nitrogens with one attached hydrogen (secondary N) is 2. The van der Waals surface area contributed by atoms with Crippen molar-refractivity contribution in [1.82, 2.24) is 24.6 Å². The minimum Gasteiger partial charge on any atom is -0.370 e. The second-order valence-corrected chi connectivity index (χ2v) is 12.2. The summed E-state index contributed by atoms with van der Waals surface area (Å²) in [6, 6.07) is 14.8. The zero-order valence-electron chi connectivity index (χ0n) is 22.4. The number of aliphatic imine (C=N–C) groups is 1. The van der Waals surface area contributed by atoms with Crippen molar-refractivity contribution in [3.8, 4) is 22.4 Å². The van der Waals surface area contributed by atoms with Gasteiger partial charge in [-0.15, -0.1) is 0 Å². The molecule has 3 heterocycles. The lowest BCUT2D eigenvalue weighted by molar-refractivity contribution is 0.0770. The van der Waals surface area contributed by atoms with Crippen LogP contribution in [0.1, 0.15) is 22.3 Å². The Balaban J connectivity index is 1.25. The van der Waals surface area contributed by atoms with Crippen molar-refractivity contribution in [2.24, 2.45) is 16.5 Å². The topological polar surface area (TPSA) is 181 Å². The van der Waals surface area contributed by atoms with E-state index in [9.17, 15) is 18.0 Å². The molecule has 1 amide bonds. The van der Waals surface area contributed by atoms with Gasteiger partial charge >= 0.3 is 0 Å². The zero-order chi connectivity index (χ0) is 29.0. The van der Waals surface area contributed by atoms with Gasteiger partial charge in [0.2, 0.25) is 5.78 Å². The second-order valence-electron chi connectivity index (χ2n) is 9.91. The molecule has 0 aliphatic carbocycles. The number of nitrogens with zero attached hydrogens (tertiary/aromatic N) is 4. The lowest BCUT2D eigenvalue weighted by Crippen LogP contribution is -2.43. The first kappa shape index (κ1) is 28.1. The van der Waals surface area contributed by atoms with Gasteiger partial charge in [-0.3, -0.25) is 24.0 Å². The van der Waals surface area contributed by atoms with Gasteiger partial charge in [-0.05, 0) is 36.2 Å². The van der Waals surface area contributed by atoms with Gasteiger partial charge in [0.05, 0.1) is 22.8 Å². The number of carbonyl (C=O) groups is 1. The summed E-state index contributed by atoms with van der Waals surface area (Å²) in [5.41, 5.74) is 14.7. The summed E-state index contributed by atoms with van der Waals surface area (Å²) >= 11 is 0. The summed E-state index contributed by atoms with van der Waals surface area (Å²) in [7, 11) is -3.06. The summed E-state index contributed by atoms with van der Waals surface area (Å²) in [6.07, 6.45) is 4.40. The largest absolute Gasteiger partial charge is 0.370 e. The van der Waals surface area contributed by atoms with Gasteiger partial charge < -0.3 is 21.7 Å². The average molecular weight is 577 g/mol. The standard InChI is InChI=1S/C28H32N8O4S/c29-27(30)32-11-1-10-31-16-19-2-4-20(5-3-19)23-17-36-18-24(33-28(36)34-25(23)37)21-6-8-22(9-7-21)26(38)35-12-14-41(39,40)15-13-35/h2-9,17-18,31H,1,10-16H2,(H4,29,30,32)(H,33,34,37). The molecule has 0 atom stereocenters. The van der Waals surface area contributed by atoms with E-state index in [0.717, 1.165) is 29.7 Å². The molecule has 6 N–H and O–H groups in total. The van der Waals surface area contributed by atoms with Crippen LogP contribution in [0.2, 0.25) is 0 Å². The Hall–Kier alpha value is -4.49. The molecule has 0 spiro atoms. The van der Waals surface area contributed by atoms with E-state index in [0.29, 0.717) is 35.7 Å². The minimum absolute atomic E-state index is 0.0115. The van der Waals surface area contributed by atoms with E-state index in [-0.39, 0.29) is 42.0 Å². The van der Waals surface area contributed by atoms with Crippen molar-refractivity contribution in [2.75, 3.05) is 37.7 Å². The van der Waals surface area contributed by atoms with Gasteiger partial charge in [-0.1, -0.05) is 36.4 Å². The van der Waals surface area contributed by atoms with E-state index in [4.69, 9.17) is 11.5 Å². The summed E-state index contributed by atoms with van der Waals surface area (Å²) in [5.74, 6) is 0.287. The van der Waals surface area contributed by atoms with Crippen LogP contribution in [0.3, 0.4) is 0 Å². The number of imidazole rings is 1. The zero-order valence-corrected chi connectivity index (χ0v) is 23.2. The van der Waals surface area contributed by atoms with Crippen LogP contribution in [0, 0.1) is 0 Å². The van der Waals surface area contributed by atoms with E-state index in [1.807, 2.05) is 30.5 Å². The van der Waals surface area contributed by atoms with Gasteiger partial charge in [-0.25, -0.2) is 13.4 Å². The van der Waals surface area contributed by atoms with E-state index in [2.05, 4.69) is 20.3 Å². The van der Waals surface area contributed by atoms with Crippen molar-refractivity contribution >= 4 is 27.5 Å². The van der Waals surface area contributed by atoms with Crippen molar-refractivity contribution in [3.63, 3.8) is 0 Å². The fourth-order valence-electron chi connectivity index (χ4n) is 4.62. The molecular weight excluding hydrogens is 544 g/mol. The van der Waals surface area contributed by atoms with Gasteiger partial charge in [0.1, 0.15) is 0 Å². The predicted octanol–water partition coefficient (Wildman–Crippen LogP) is 0.980. The van der Waals surface area contributed by atoms with Crippen LogP contribution in [0.5, 0.6) is 0 Å². The molecule has 1 aliphatic rings. The highest BCUT2D eigenvalue weighted by Crippen LogP contribution is 2.22. The molecule has 5 rings (SSSR count). The van der Waals surface area contributed by atoms with Crippen LogP contribution in [0.4, 0.5) is 0 Å². The first-order chi connectivity index (χ1) is 19.7. The van der Waals surface area contributed by atoms with Crippen LogP contribution in [0.15, 0.2) is 70.7 Å². The number of hydrogen-bond acceptors (Lipinski definition) is 7. The molecule has 214 valence electrons. The number of hydrogen-bond donors (Lipinski definition) is 4. The number of fused-ring (bicyclic) bond motifs is 1. The number of benzene rings is 2. The molecular formula is C28H32N8O4S. The Kier molecular flexibility index (Phi) is 8.17. The van der Waals surface area contributed by atoms with Crippen molar-refractivity contribution in [1.29, 1.82) is 0 Å². The predicted molar refractivity (Wildman–Crippen MR) is 158 cm³/mol. The molecule has 1 saturated heterocycles. The highest BCUT2D eigenvalue weighted by Gasteiger charge is 2.25. The number of carbonyl (C=O) groups excluding carboxylic acids is 1. The summed E-state index contributed by atoms with van der Waals surface area (Å²) in [6.45, 7) is 2.45. The minimum atomic E-state index is -3.06. The van der Waals surface area contributed by atoms with Crippen molar-refractivity contribution in [2.45, 2.75) is 13.0 Å². The van der Waals surface area contributed by atoms with Crippen LogP contribution in [0.25, 0.3) is 28.2 Å². The first-order valence-electron chi connectivity index (χ1n) is 13.3. The normalized spacial score (nSPS) is 14.7. The number of aromatic nitrogens is 3. The number of rotatable bonds is 9. The molecule has 1 aliphatic heterocycles. The molecule has 12 nitrogen and oxygen atoms in total. The Morgan fingerprint density at radius 3 is 2.37 bits per heavy atom. The van der Waals surface area contributed by atoms with Crippen LogP contribution in [-0.2, 0) is 16.4 Å². The van der Waals surface area contributed by atoms with E-state index in [1.165, 1.54) is 0 Å². The second kappa shape index (κ2) is 11.9. The Morgan fingerprint density at radius 2 is 1.68 bits per heavy atom. The number of sulfone groups is 1. The van der Waals surface area contributed by atoms with Crippen LogP contribution < -0.4 is 22.3 Å². The molecule has 0 bridgehead atoms. The first-order valence-corrected chi connectivity index (χ1v) is 15.1. The molecule has 2 aromatic carbocycles. The molecule has 41 heavy (non-hydrogen) atoms. The average Bonchev–Trinajstić information content (AvgIpc) is 3.37. The fraction of sp³-hybridized carbons (Fsp3) is 0.286. The van der Waals surface area contributed by atoms with Crippen molar-refractivity contribution in [3.05, 3.63) is 82.4 Å². The molecule has 0 unspecified atom stereocenters. The molecule has 1 fully saturated rings. The highest BCUT2D eigenvalue weighted by atomic mass is 32.2. The Morgan fingerprint density at radius 1 is 1.00 bits per heavy atom. The number of aromatic amines is 1. The van der Waals surface area contributed by atoms with Gasteiger partial charge in [-0.2, -0.15) is 0 Å². The number of guanidine groups is 1. The van der Waals surface area contributed by atoms with Gasteiger partial charge in [0.25, 0.3) is 11.5 Å². The SMILES string of the molecule is NC(N)=NCCCNCc1ccc(-c2cn3cc(-c4ccc(C(=O)N5CCS(=O)(=O)CC5)cc4)nc3[nH]c2=O)cc1. The number of amides is 1. The molecule has 0 saturated carbocycles. The lowest BCUT2D eigenvalue weighted by Gasteiger charge is -2.26. The van der Waals surface area contributed by atoms with Crippen LogP contribution in [-0.4, -0.2) is 77.2 Å². The maximum absolute atomic E-state index is 12.9. The quantitative estimate of drug-likeness (QED) is 0.129. The molecule has 0 radical (unpaired) electrons. The van der Waals surface area contributed by atoms with E-state index < -0.39 is 9.84 Å². The van der Waals surface area contributed by atoms with Crippen LogP contribution >= 0.6 is 0 Å². The molecule has 13 heteroatoms. The lowest BCUT2D eigenvalue weighted by atomic mass is 10.1. The monoisotopic (exact) mass is 576 g/mol. The third-order valence-corrected chi connectivity index (χ3v) is 8.54. The van der Waals surface area contributed by atoms with Gasteiger partial charge in [0.15, 0.2) is 15.8 Å². The molecule has 4 aromatic rings. The third kappa shape index (κ3) is 6.81. The summed E-state index contributed by atoms with van der Waals surface area (Å²) in [5, 5.41) is 3.34.